The minimum Gasteiger partial charge on any atom is -0.497 e. The molecule has 0 atom stereocenters. The smallest absolute Gasteiger partial charge is 0.303 e. The molecule has 1 aliphatic carbocycles. The third-order valence-corrected chi connectivity index (χ3v) is 3.97. The van der Waals surface area contributed by atoms with Gasteiger partial charge in [0.15, 0.2) is 0 Å². The highest BCUT2D eigenvalue weighted by atomic mass is 16.5. The van der Waals surface area contributed by atoms with Gasteiger partial charge in [0.05, 0.1) is 13.5 Å². The highest BCUT2D eigenvalue weighted by Crippen LogP contribution is 2.50. The van der Waals surface area contributed by atoms with E-state index in [4.69, 9.17) is 9.84 Å². The summed E-state index contributed by atoms with van der Waals surface area (Å²) >= 11 is 0. The maximum atomic E-state index is 10.9. The molecule has 4 nitrogen and oxygen atoms in total. The van der Waals surface area contributed by atoms with Gasteiger partial charge in [-0.05, 0) is 42.5 Å². The summed E-state index contributed by atoms with van der Waals surface area (Å²) in [5.74, 6) is 0.146. The fraction of sp³-hybridized carbons (Fsp3) is 0.400. The van der Waals surface area contributed by atoms with Gasteiger partial charge in [-0.3, -0.25) is 4.79 Å². The SMILES string of the molecule is COc1ccc2c(ccn2CC2(CC(=O)O)CC2)c1. The van der Waals surface area contributed by atoms with Gasteiger partial charge < -0.3 is 14.4 Å². The van der Waals surface area contributed by atoms with E-state index < -0.39 is 5.97 Å². The Morgan fingerprint density at radius 1 is 1.42 bits per heavy atom. The molecule has 1 N–H and O–H groups in total. The molecule has 0 unspecified atom stereocenters. The van der Waals surface area contributed by atoms with Crippen molar-refractivity contribution in [2.45, 2.75) is 25.8 Å². The zero-order chi connectivity index (χ0) is 13.5. The molecule has 0 saturated heterocycles. The second-order valence-electron chi connectivity index (χ2n) is 5.44. The maximum Gasteiger partial charge on any atom is 0.303 e. The van der Waals surface area contributed by atoms with Crippen molar-refractivity contribution in [1.82, 2.24) is 4.57 Å². The Balaban J connectivity index is 1.88. The number of aromatic nitrogens is 1. The van der Waals surface area contributed by atoms with E-state index in [2.05, 4.69) is 10.6 Å². The van der Waals surface area contributed by atoms with Crippen LogP contribution in [0.2, 0.25) is 0 Å². The Labute approximate surface area is 111 Å². The number of benzene rings is 1. The molecule has 0 radical (unpaired) electrons. The molecule has 1 aromatic heterocycles. The summed E-state index contributed by atoms with van der Waals surface area (Å²) in [6, 6.07) is 8.03. The average Bonchev–Trinajstić information content (AvgIpc) is 3.01. The third-order valence-electron chi connectivity index (χ3n) is 3.97. The Hall–Kier alpha value is -1.97. The zero-order valence-corrected chi connectivity index (χ0v) is 10.9. The summed E-state index contributed by atoms with van der Waals surface area (Å²) in [6.07, 6.45) is 4.32. The first-order valence-corrected chi connectivity index (χ1v) is 6.47. The predicted molar refractivity (Wildman–Crippen MR) is 72.4 cm³/mol. The van der Waals surface area contributed by atoms with Crippen LogP contribution in [-0.4, -0.2) is 22.8 Å². The van der Waals surface area contributed by atoms with E-state index in [1.807, 2.05) is 24.4 Å². The van der Waals surface area contributed by atoms with Crippen LogP contribution in [0.1, 0.15) is 19.3 Å². The van der Waals surface area contributed by atoms with E-state index in [1.165, 1.54) is 0 Å². The van der Waals surface area contributed by atoms with Crippen molar-refractivity contribution in [1.29, 1.82) is 0 Å². The fourth-order valence-corrected chi connectivity index (χ4v) is 2.69. The largest absolute Gasteiger partial charge is 0.497 e. The van der Waals surface area contributed by atoms with Gasteiger partial charge in [-0.15, -0.1) is 0 Å². The number of methoxy groups -OCH3 is 1. The van der Waals surface area contributed by atoms with Gasteiger partial charge in [-0.25, -0.2) is 0 Å². The molecule has 1 aromatic carbocycles. The highest BCUT2D eigenvalue weighted by Gasteiger charge is 2.44. The first kappa shape index (κ1) is 12.1. The number of hydrogen-bond acceptors (Lipinski definition) is 2. The normalized spacial score (nSPS) is 16.5. The number of hydrogen-bond donors (Lipinski definition) is 1. The number of carboxylic acids is 1. The molecule has 0 bridgehead atoms. The number of nitrogens with zero attached hydrogens (tertiary/aromatic N) is 1. The third kappa shape index (κ3) is 2.30. The lowest BCUT2D eigenvalue weighted by molar-refractivity contribution is -0.138. The summed E-state index contributed by atoms with van der Waals surface area (Å²) < 4.78 is 7.37. The highest BCUT2D eigenvalue weighted by molar-refractivity contribution is 5.81. The minimum absolute atomic E-state index is 0.0300. The number of ether oxygens (including phenoxy) is 1. The molecule has 0 aliphatic heterocycles. The fourth-order valence-electron chi connectivity index (χ4n) is 2.69. The van der Waals surface area contributed by atoms with Crippen molar-refractivity contribution in [3.05, 3.63) is 30.5 Å². The Morgan fingerprint density at radius 3 is 2.84 bits per heavy atom. The molecular formula is C15H17NO3. The minimum atomic E-state index is -0.698. The van der Waals surface area contributed by atoms with E-state index >= 15 is 0 Å². The molecule has 2 aromatic rings. The molecule has 4 heteroatoms. The van der Waals surface area contributed by atoms with E-state index in [-0.39, 0.29) is 11.8 Å². The maximum absolute atomic E-state index is 10.9. The average molecular weight is 259 g/mol. The van der Waals surface area contributed by atoms with Crippen molar-refractivity contribution >= 4 is 16.9 Å². The van der Waals surface area contributed by atoms with Gasteiger partial charge in [0.2, 0.25) is 0 Å². The van der Waals surface area contributed by atoms with Crippen LogP contribution in [0.25, 0.3) is 10.9 Å². The standard InChI is InChI=1S/C15H17NO3/c1-19-12-2-3-13-11(8-12)4-7-16(13)10-15(5-6-15)9-14(17)18/h2-4,7-8H,5-6,9-10H2,1H3,(H,17,18). The first-order chi connectivity index (χ1) is 9.12. The van der Waals surface area contributed by atoms with Crippen molar-refractivity contribution in [2.24, 2.45) is 5.41 Å². The summed E-state index contributed by atoms with van der Waals surface area (Å²) in [7, 11) is 1.66. The van der Waals surface area contributed by atoms with Gasteiger partial charge in [0.1, 0.15) is 5.75 Å². The van der Waals surface area contributed by atoms with E-state index in [1.54, 1.807) is 7.11 Å². The van der Waals surface area contributed by atoms with Gasteiger partial charge in [-0.2, -0.15) is 0 Å². The lowest BCUT2D eigenvalue weighted by atomic mass is 10.0. The number of rotatable bonds is 5. The van der Waals surface area contributed by atoms with Gasteiger partial charge in [0, 0.05) is 23.6 Å². The van der Waals surface area contributed by atoms with Crippen molar-refractivity contribution < 1.29 is 14.6 Å². The predicted octanol–water partition coefficient (Wildman–Crippen LogP) is 2.90. The number of fused-ring (bicyclic) bond motifs is 1. The second-order valence-corrected chi connectivity index (χ2v) is 5.44. The monoisotopic (exact) mass is 259 g/mol. The lowest BCUT2D eigenvalue weighted by Gasteiger charge is -2.14. The molecule has 100 valence electrons. The molecule has 3 rings (SSSR count). The Bertz CT molecular complexity index is 625. The second kappa shape index (κ2) is 4.30. The van der Waals surface area contributed by atoms with Crippen LogP contribution in [-0.2, 0) is 11.3 Å². The van der Waals surface area contributed by atoms with Crippen molar-refractivity contribution in [2.75, 3.05) is 7.11 Å². The van der Waals surface area contributed by atoms with Crippen LogP contribution in [0.5, 0.6) is 5.75 Å². The molecule has 1 fully saturated rings. The molecule has 1 heterocycles. The Kier molecular flexibility index (Phi) is 2.73. The first-order valence-electron chi connectivity index (χ1n) is 6.47. The van der Waals surface area contributed by atoms with Crippen LogP contribution < -0.4 is 4.74 Å². The van der Waals surface area contributed by atoms with Gasteiger partial charge in [-0.1, -0.05) is 0 Å². The van der Waals surface area contributed by atoms with E-state index in [0.717, 1.165) is 36.0 Å². The Morgan fingerprint density at radius 2 is 2.21 bits per heavy atom. The number of carboxylic acid groups (broad SMARTS) is 1. The topological polar surface area (TPSA) is 51.5 Å². The van der Waals surface area contributed by atoms with Crippen molar-refractivity contribution in [3.8, 4) is 5.75 Å². The summed E-state index contributed by atoms with van der Waals surface area (Å²) in [5, 5.41) is 10.1. The summed E-state index contributed by atoms with van der Waals surface area (Å²) in [4.78, 5) is 10.9. The lowest BCUT2D eigenvalue weighted by Crippen LogP contribution is -2.15. The summed E-state index contributed by atoms with van der Waals surface area (Å²) in [5.41, 5.74) is 1.11. The molecule has 0 amide bonds. The number of aliphatic carboxylic acids is 1. The molecule has 0 spiro atoms. The van der Waals surface area contributed by atoms with Crippen LogP contribution in [0.15, 0.2) is 30.5 Å². The van der Waals surface area contributed by atoms with E-state index in [0.29, 0.717) is 0 Å². The quantitative estimate of drug-likeness (QED) is 0.898. The van der Waals surface area contributed by atoms with Gasteiger partial charge in [0.25, 0.3) is 0 Å². The zero-order valence-electron chi connectivity index (χ0n) is 10.9. The van der Waals surface area contributed by atoms with Crippen LogP contribution >= 0.6 is 0 Å². The molecular weight excluding hydrogens is 242 g/mol. The van der Waals surface area contributed by atoms with Gasteiger partial charge >= 0.3 is 5.97 Å². The number of carbonyl (C=O) groups is 1. The van der Waals surface area contributed by atoms with Crippen LogP contribution in [0.3, 0.4) is 0 Å². The van der Waals surface area contributed by atoms with Crippen LogP contribution in [0.4, 0.5) is 0 Å². The van der Waals surface area contributed by atoms with E-state index in [9.17, 15) is 4.79 Å². The van der Waals surface area contributed by atoms with Crippen LogP contribution in [0, 0.1) is 5.41 Å². The molecule has 19 heavy (non-hydrogen) atoms. The summed E-state index contributed by atoms with van der Waals surface area (Å²) in [6.45, 7) is 0.787. The molecule has 1 aliphatic rings. The molecule has 1 saturated carbocycles. The van der Waals surface area contributed by atoms with Crippen molar-refractivity contribution in [3.63, 3.8) is 0 Å².